The first-order chi connectivity index (χ1) is 9.15. The van der Waals surface area contributed by atoms with E-state index in [0.29, 0.717) is 6.61 Å². The largest absolute Gasteiger partial charge is 0.389 e. The number of aliphatic hydroxyl groups excluding tert-OH is 1. The van der Waals surface area contributed by atoms with Gasteiger partial charge in [0.25, 0.3) is 0 Å². The molecule has 0 aliphatic carbocycles. The Labute approximate surface area is 117 Å². The van der Waals surface area contributed by atoms with E-state index in [-0.39, 0.29) is 12.0 Å². The van der Waals surface area contributed by atoms with Crippen LogP contribution < -0.4 is 0 Å². The van der Waals surface area contributed by atoms with Gasteiger partial charge in [-0.2, -0.15) is 0 Å². The van der Waals surface area contributed by atoms with Crippen LogP contribution in [0.1, 0.15) is 39.5 Å². The summed E-state index contributed by atoms with van der Waals surface area (Å²) in [5, 5.41) is 10.3. The molecule has 19 heavy (non-hydrogen) atoms. The summed E-state index contributed by atoms with van der Waals surface area (Å²) in [6.07, 6.45) is 9.95. The molecule has 0 aromatic rings. The lowest BCUT2D eigenvalue weighted by atomic mass is 9.96. The van der Waals surface area contributed by atoms with Gasteiger partial charge in [-0.3, -0.25) is 0 Å². The molecule has 1 N–H and O–H groups in total. The second-order valence-electron chi connectivity index (χ2n) is 5.39. The molecule has 1 aliphatic rings. The van der Waals surface area contributed by atoms with E-state index in [1.807, 2.05) is 19.9 Å². The molecule has 0 saturated carbocycles. The average molecular weight is 268 g/mol. The predicted octanol–water partition coefficient (Wildman–Crippen LogP) is 3.09. The second kappa shape index (κ2) is 9.29. The number of aliphatic hydroxyl groups is 1. The molecule has 3 heteroatoms. The molecular weight excluding hydrogens is 240 g/mol. The number of ether oxygens (including phenoxy) is 2. The zero-order valence-electron chi connectivity index (χ0n) is 12.5. The molecule has 0 aromatic heterocycles. The maximum atomic E-state index is 10.3. The van der Waals surface area contributed by atoms with Gasteiger partial charge in [0.2, 0.25) is 0 Å². The van der Waals surface area contributed by atoms with Gasteiger partial charge in [0.1, 0.15) is 6.10 Å². The monoisotopic (exact) mass is 268 g/mol. The average Bonchev–Trinajstić information content (AvgIpc) is 2.39. The van der Waals surface area contributed by atoms with Gasteiger partial charge in [0.05, 0.1) is 12.7 Å². The first-order valence-corrected chi connectivity index (χ1v) is 7.27. The van der Waals surface area contributed by atoms with E-state index in [9.17, 15) is 5.11 Å². The third-order valence-electron chi connectivity index (χ3n) is 3.51. The van der Waals surface area contributed by atoms with Crippen molar-refractivity contribution >= 4 is 0 Å². The predicted molar refractivity (Wildman–Crippen MR) is 78.2 cm³/mol. The molecule has 1 unspecified atom stereocenters. The van der Waals surface area contributed by atoms with Crippen molar-refractivity contribution in [3.05, 3.63) is 23.8 Å². The second-order valence-corrected chi connectivity index (χ2v) is 5.39. The minimum atomic E-state index is -0.515. The number of rotatable bonds is 1. The summed E-state index contributed by atoms with van der Waals surface area (Å²) in [6.45, 7) is 5.55. The SMILES string of the molecule is CO[C@H]1/C=C/CCCCCOC/C(C)=C\C(C)[C@@H]1O. The number of methoxy groups -OCH3 is 1. The van der Waals surface area contributed by atoms with Crippen LogP contribution >= 0.6 is 0 Å². The first kappa shape index (κ1) is 16.4. The molecule has 3 atom stereocenters. The zero-order valence-corrected chi connectivity index (χ0v) is 12.5. The Bertz CT molecular complexity index is 296. The van der Waals surface area contributed by atoms with Gasteiger partial charge in [-0.15, -0.1) is 0 Å². The van der Waals surface area contributed by atoms with Crippen molar-refractivity contribution in [1.82, 2.24) is 0 Å². The molecule has 1 aliphatic heterocycles. The Morgan fingerprint density at radius 3 is 2.84 bits per heavy atom. The van der Waals surface area contributed by atoms with Crippen LogP contribution in [-0.2, 0) is 9.47 Å². The van der Waals surface area contributed by atoms with Gasteiger partial charge in [0, 0.05) is 19.6 Å². The van der Waals surface area contributed by atoms with E-state index in [1.54, 1.807) is 7.11 Å². The minimum absolute atomic E-state index is 0.0566. The molecule has 1 rings (SSSR count). The Hall–Kier alpha value is -0.640. The molecule has 0 amide bonds. The summed E-state index contributed by atoms with van der Waals surface area (Å²) in [4.78, 5) is 0. The highest BCUT2D eigenvalue weighted by Gasteiger charge is 2.21. The molecule has 0 spiro atoms. The number of hydrogen-bond donors (Lipinski definition) is 1. The van der Waals surface area contributed by atoms with Crippen LogP contribution in [0.5, 0.6) is 0 Å². The molecule has 1 heterocycles. The van der Waals surface area contributed by atoms with E-state index >= 15 is 0 Å². The van der Waals surface area contributed by atoms with Gasteiger partial charge >= 0.3 is 0 Å². The van der Waals surface area contributed by atoms with Crippen molar-refractivity contribution in [2.24, 2.45) is 5.92 Å². The van der Waals surface area contributed by atoms with Crippen molar-refractivity contribution in [3.8, 4) is 0 Å². The smallest absolute Gasteiger partial charge is 0.102 e. The standard InChI is InChI=1S/C16H28O3/c1-13-11-14(2)16(17)15(18-3)9-7-5-4-6-8-10-19-12-13/h7,9,11,14-17H,4-6,8,10,12H2,1-3H3/b9-7+,13-11-/t14?,15-,16-/m0/s1. The minimum Gasteiger partial charge on any atom is -0.389 e. The quantitative estimate of drug-likeness (QED) is 0.743. The van der Waals surface area contributed by atoms with Crippen LogP contribution in [0.25, 0.3) is 0 Å². The first-order valence-electron chi connectivity index (χ1n) is 7.27. The molecule has 0 fully saturated rings. The third-order valence-corrected chi connectivity index (χ3v) is 3.51. The molecular formula is C16H28O3. The van der Waals surface area contributed by atoms with Crippen LogP contribution in [0.3, 0.4) is 0 Å². The van der Waals surface area contributed by atoms with Crippen molar-refractivity contribution in [2.75, 3.05) is 20.3 Å². The number of hydrogen-bond acceptors (Lipinski definition) is 3. The highest BCUT2D eigenvalue weighted by molar-refractivity contribution is 5.05. The van der Waals surface area contributed by atoms with Crippen molar-refractivity contribution in [1.29, 1.82) is 0 Å². The topological polar surface area (TPSA) is 38.7 Å². The zero-order chi connectivity index (χ0) is 14.1. The Morgan fingerprint density at radius 2 is 2.11 bits per heavy atom. The summed E-state index contributed by atoms with van der Waals surface area (Å²) in [5.41, 5.74) is 1.17. The van der Waals surface area contributed by atoms with E-state index < -0.39 is 6.10 Å². The van der Waals surface area contributed by atoms with Gasteiger partial charge in [-0.1, -0.05) is 37.1 Å². The van der Waals surface area contributed by atoms with Crippen molar-refractivity contribution < 1.29 is 14.6 Å². The normalized spacial score (nSPS) is 36.0. The summed E-state index contributed by atoms with van der Waals surface area (Å²) in [7, 11) is 1.65. The van der Waals surface area contributed by atoms with Gasteiger partial charge < -0.3 is 14.6 Å². The van der Waals surface area contributed by atoms with E-state index in [1.165, 1.54) is 12.0 Å². The van der Waals surface area contributed by atoms with Crippen LogP contribution in [-0.4, -0.2) is 37.6 Å². The molecule has 0 radical (unpaired) electrons. The summed E-state index contributed by atoms with van der Waals surface area (Å²) < 4.78 is 11.0. The summed E-state index contributed by atoms with van der Waals surface area (Å²) in [5.74, 6) is 0.0566. The lowest BCUT2D eigenvalue weighted by molar-refractivity contribution is -0.00204. The summed E-state index contributed by atoms with van der Waals surface area (Å²) in [6, 6.07) is 0. The fourth-order valence-corrected chi connectivity index (χ4v) is 2.33. The fraction of sp³-hybridized carbons (Fsp3) is 0.750. The fourth-order valence-electron chi connectivity index (χ4n) is 2.33. The summed E-state index contributed by atoms with van der Waals surface area (Å²) >= 11 is 0. The maximum absolute atomic E-state index is 10.3. The maximum Gasteiger partial charge on any atom is 0.102 e. The molecule has 0 saturated heterocycles. The molecule has 0 aromatic carbocycles. The lowest BCUT2D eigenvalue weighted by Gasteiger charge is -2.23. The van der Waals surface area contributed by atoms with E-state index in [4.69, 9.17) is 9.47 Å². The van der Waals surface area contributed by atoms with E-state index in [0.717, 1.165) is 25.9 Å². The Balaban J connectivity index is 2.71. The molecule has 0 bridgehead atoms. The number of allylic oxidation sites excluding steroid dienone is 1. The van der Waals surface area contributed by atoms with Crippen LogP contribution in [0, 0.1) is 5.92 Å². The molecule has 110 valence electrons. The van der Waals surface area contributed by atoms with Crippen LogP contribution in [0.2, 0.25) is 0 Å². The van der Waals surface area contributed by atoms with Gasteiger partial charge in [-0.05, 0) is 26.2 Å². The molecule has 3 nitrogen and oxygen atoms in total. The van der Waals surface area contributed by atoms with E-state index in [2.05, 4.69) is 12.2 Å². The van der Waals surface area contributed by atoms with Crippen LogP contribution in [0.15, 0.2) is 23.8 Å². The van der Waals surface area contributed by atoms with Crippen molar-refractivity contribution in [2.45, 2.75) is 51.7 Å². The van der Waals surface area contributed by atoms with Crippen LogP contribution in [0.4, 0.5) is 0 Å². The Morgan fingerprint density at radius 1 is 1.32 bits per heavy atom. The Kier molecular flexibility index (Phi) is 8.03. The van der Waals surface area contributed by atoms with Gasteiger partial charge in [-0.25, -0.2) is 0 Å². The van der Waals surface area contributed by atoms with Gasteiger partial charge in [0.15, 0.2) is 0 Å². The van der Waals surface area contributed by atoms with Crippen molar-refractivity contribution in [3.63, 3.8) is 0 Å². The lowest BCUT2D eigenvalue weighted by Crippen LogP contribution is -2.31. The highest BCUT2D eigenvalue weighted by Crippen LogP contribution is 2.16. The highest BCUT2D eigenvalue weighted by atomic mass is 16.5. The third kappa shape index (κ3) is 6.37.